The molecule has 0 aliphatic heterocycles. The fourth-order valence-corrected chi connectivity index (χ4v) is 1.56. The number of guanidine groups is 1. The van der Waals surface area contributed by atoms with Gasteiger partial charge in [-0.2, -0.15) is 0 Å². The van der Waals surface area contributed by atoms with E-state index in [4.69, 9.17) is 16.6 Å². The van der Waals surface area contributed by atoms with Gasteiger partial charge < -0.3 is 21.9 Å². The van der Waals surface area contributed by atoms with Crippen LogP contribution in [0, 0.1) is 0 Å². The molecular weight excluding hydrogens is 248 g/mol. The largest absolute Gasteiger partial charge is 0.480 e. The number of unbranched alkanes of at least 4 members (excludes halogenated alkanes) is 3. The Balaban J connectivity index is 4.01. The van der Waals surface area contributed by atoms with E-state index in [9.17, 15) is 9.59 Å². The van der Waals surface area contributed by atoms with Gasteiger partial charge in [0.1, 0.15) is 6.04 Å². The van der Waals surface area contributed by atoms with E-state index in [-0.39, 0.29) is 24.8 Å². The molecule has 0 aliphatic rings. The monoisotopic (exact) mass is 272 g/mol. The number of amides is 1. The molecule has 0 aromatic carbocycles. The number of carbonyl (C=O) groups is 2. The molecule has 0 aromatic heterocycles. The van der Waals surface area contributed by atoms with E-state index in [2.05, 4.69) is 17.2 Å². The normalized spacial score (nSPS) is 11.6. The SMILES string of the molecule is CCCCCCC(=O)N[C@@H](CCN=C(N)N)C(=O)O. The maximum atomic E-state index is 11.6. The number of carboxylic acid groups (broad SMARTS) is 1. The van der Waals surface area contributed by atoms with Gasteiger partial charge >= 0.3 is 5.97 Å². The molecule has 7 heteroatoms. The van der Waals surface area contributed by atoms with Crippen LogP contribution in [0.25, 0.3) is 0 Å². The second-order valence-electron chi connectivity index (χ2n) is 4.36. The van der Waals surface area contributed by atoms with E-state index in [0.717, 1.165) is 25.7 Å². The smallest absolute Gasteiger partial charge is 0.326 e. The van der Waals surface area contributed by atoms with Crippen LogP contribution in [0.3, 0.4) is 0 Å². The summed E-state index contributed by atoms with van der Waals surface area (Å²) < 4.78 is 0. The summed E-state index contributed by atoms with van der Waals surface area (Å²) in [6.45, 7) is 2.26. The topological polar surface area (TPSA) is 131 Å². The quantitative estimate of drug-likeness (QED) is 0.256. The number of hydrogen-bond acceptors (Lipinski definition) is 3. The lowest BCUT2D eigenvalue weighted by Gasteiger charge is -2.13. The zero-order valence-electron chi connectivity index (χ0n) is 11.4. The van der Waals surface area contributed by atoms with Crippen molar-refractivity contribution in [2.45, 2.75) is 51.5 Å². The molecule has 0 rings (SSSR count). The Labute approximate surface area is 113 Å². The first-order valence-electron chi connectivity index (χ1n) is 6.55. The van der Waals surface area contributed by atoms with Crippen molar-refractivity contribution in [2.24, 2.45) is 16.5 Å². The number of carboxylic acids is 1. The van der Waals surface area contributed by atoms with Gasteiger partial charge in [0.2, 0.25) is 5.91 Å². The molecule has 0 unspecified atom stereocenters. The van der Waals surface area contributed by atoms with Gasteiger partial charge in [0.25, 0.3) is 0 Å². The van der Waals surface area contributed by atoms with Crippen molar-refractivity contribution in [3.8, 4) is 0 Å². The molecule has 6 N–H and O–H groups in total. The summed E-state index contributed by atoms with van der Waals surface area (Å²) in [5.41, 5.74) is 10.3. The molecule has 0 heterocycles. The summed E-state index contributed by atoms with van der Waals surface area (Å²) in [7, 11) is 0. The summed E-state index contributed by atoms with van der Waals surface area (Å²) in [5, 5.41) is 11.4. The lowest BCUT2D eigenvalue weighted by molar-refractivity contribution is -0.142. The molecule has 19 heavy (non-hydrogen) atoms. The summed E-state index contributed by atoms with van der Waals surface area (Å²) in [6.07, 6.45) is 4.47. The third-order valence-electron chi connectivity index (χ3n) is 2.60. The standard InChI is InChI=1S/C12H24N4O3/c1-2-3-4-5-6-10(17)16-9(11(18)19)7-8-15-12(13)14/h9H,2-8H2,1H3,(H,16,17)(H,18,19)(H4,13,14,15)/t9-/m0/s1. The lowest BCUT2D eigenvalue weighted by atomic mass is 10.1. The highest BCUT2D eigenvalue weighted by molar-refractivity contribution is 5.83. The number of aliphatic imine (C=N–C) groups is 1. The number of nitrogens with zero attached hydrogens (tertiary/aromatic N) is 1. The first-order valence-corrected chi connectivity index (χ1v) is 6.55. The molecule has 1 amide bonds. The average molecular weight is 272 g/mol. The van der Waals surface area contributed by atoms with Crippen LogP contribution in [0.1, 0.15) is 45.4 Å². The van der Waals surface area contributed by atoms with Gasteiger partial charge in [0.15, 0.2) is 5.96 Å². The van der Waals surface area contributed by atoms with Crippen molar-refractivity contribution in [3.05, 3.63) is 0 Å². The summed E-state index contributed by atoms with van der Waals surface area (Å²) >= 11 is 0. The number of rotatable bonds is 10. The molecule has 0 aromatic rings. The van der Waals surface area contributed by atoms with Crippen molar-refractivity contribution in [1.82, 2.24) is 5.32 Å². The van der Waals surface area contributed by atoms with Gasteiger partial charge in [0.05, 0.1) is 0 Å². The number of nitrogens with two attached hydrogens (primary N) is 2. The Morgan fingerprint density at radius 1 is 1.26 bits per heavy atom. The van der Waals surface area contributed by atoms with E-state index in [1.54, 1.807) is 0 Å². The highest BCUT2D eigenvalue weighted by atomic mass is 16.4. The number of hydrogen-bond donors (Lipinski definition) is 4. The Hall–Kier alpha value is -1.79. The summed E-state index contributed by atoms with van der Waals surface area (Å²) in [6, 6.07) is -0.943. The first kappa shape index (κ1) is 17.2. The molecule has 1 atom stereocenters. The fourth-order valence-electron chi connectivity index (χ4n) is 1.56. The van der Waals surface area contributed by atoms with Gasteiger partial charge in [-0.25, -0.2) is 4.79 Å². The van der Waals surface area contributed by atoms with Crippen LogP contribution in [0.5, 0.6) is 0 Å². The van der Waals surface area contributed by atoms with Gasteiger partial charge in [-0.1, -0.05) is 26.2 Å². The van der Waals surface area contributed by atoms with Crippen LogP contribution in [0.4, 0.5) is 0 Å². The fraction of sp³-hybridized carbons (Fsp3) is 0.750. The summed E-state index contributed by atoms with van der Waals surface area (Å²) in [4.78, 5) is 26.2. The third-order valence-corrected chi connectivity index (χ3v) is 2.60. The van der Waals surface area contributed by atoms with Crippen molar-refractivity contribution in [3.63, 3.8) is 0 Å². The van der Waals surface area contributed by atoms with Crippen LogP contribution in [0.15, 0.2) is 4.99 Å². The maximum Gasteiger partial charge on any atom is 0.326 e. The molecule has 0 fully saturated rings. The second kappa shape index (κ2) is 10.2. The van der Waals surface area contributed by atoms with Gasteiger partial charge in [-0.05, 0) is 12.8 Å². The molecular formula is C12H24N4O3. The third kappa shape index (κ3) is 9.87. The highest BCUT2D eigenvalue weighted by Gasteiger charge is 2.18. The van der Waals surface area contributed by atoms with Crippen molar-refractivity contribution < 1.29 is 14.7 Å². The van der Waals surface area contributed by atoms with Crippen molar-refractivity contribution >= 4 is 17.8 Å². The van der Waals surface area contributed by atoms with Crippen LogP contribution in [0.2, 0.25) is 0 Å². The van der Waals surface area contributed by atoms with E-state index < -0.39 is 12.0 Å². The van der Waals surface area contributed by atoms with E-state index in [1.165, 1.54) is 0 Å². The molecule has 0 saturated carbocycles. The minimum Gasteiger partial charge on any atom is -0.480 e. The predicted molar refractivity (Wildman–Crippen MR) is 73.6 cm³/mol. The molecule has 0 bridgehead atoms. The number of nitrogens with one attached hydrogen (secondary N) is 1. The Bertz CT molecular complexity index is 314. The van der Waals surface area contributed by atoms with Crippen molar-refractivity contribution in [2.75, 3.05) is 6.54 Å². The molecule has 0 saturated heterocycles. The van der Waals surface area contributed by atoms with Crippen LogP contribution in [-0.4, -0.2) is 35.5 Å². The molecule has 0 spiro atoms. The van der Waals surface area contributed by atoms with Crippen LogP contribution < -0.4 is 16.8 Å². The first-order chi connectivity index (χ1) is 8.97. The Morgan fingerprint density at radius 2 is 1.95 bits per heavy atom. The highest BCUT2D eigenvalue weighted by Crippen LogP contribution is 2.03. The Morgan fingerprint density at radius 3 is 2.47 bits per heavy atom. The van der Waals surface area contributed by atoms with Crippen LogP contribution >= 0.6 is 0 Å². The van der Waals surface area contributed by atoms with Gasteiger partial charge in [0, 0.05) is 13.0 Å². The van der Waals surface area contributed by atoms with E-state index in [1.807, 2.05) is 0 Å². The zero-order chi connectivity index (χ0) is 14.7. The second-order valence-corrected chi connectivity index (χ2v) is 4.36. The average Bonchev–Trinajstić information content (AvgIpc) is 2.33. The molecule has 0 radical (unpaired) electrons. The van der Waals surface area contributed by atoms with Crippen LogP contribution in [-0.2, 0) is 9.59 Å². The number of carbonyl (C=O) groups excluding carboxylic acids is 1. The minimum absolute atomic E-state index is 0.0879. The van der Waals surface area contributed by atoms with E-state index in [0.29, 0.717) is 6.42 Å². The molecule has 110 valence electrons. The minimum atomic E-state index is -1.08. The predicted octanol–water partition coefficient (Wildman–Crippen LogP) is 0.190. The zero-order valence-corrected chi connectivity index (χ0v) is 11.4. The maximum absolute atomic E-state index is 11.6. The lowest BCUT2D eigenvalue weighted by Crippen LogP contribution is -2.41. The van der Waals surface area contributed by atoms with Gasteiger partial charge in [-0.15, -0.1) is 0 Å². The summed E-state index contributed by atoms with van der Waals surface area (Å²) in [5.74, 6) is -1.41. The van der Waals surface area contributed by atoms with Crippen molar-refractivity contribution in [1.29, 1.82) is 0 Å². The molecule has 7 nitrogen and oxygen atoms in total. The number of aliphatic carboxylic acids is 1. The van der Waals surface area contributed by atoms with Gasteiger partial charge in [-0.3, -0.25) is 9.79 Å². The molecule has 0 aliphatic carbocycles. The van der Waals surface area contributed by atoms with E-state index >= 15 is 0 Å². The Kier molecular flexibility index (Phi) is 9.20.